The fraction of sp³-hybridized carbons (Fsp3) is 0.111. The molecule has 1 heterocycles. The van der Waals surface area contributed by atoms with Crippen LogP contribution in [-0.4, -0.2) is 0 Å². The molecule has 2 aromatic carbocycles. The number of allylic oxidation sites excluding steroid dienone is 3. The molecule has 0 fully saturated rings. The molecule has 0 spiro atoms. The van der Waals surface area contributed by atoms with Gasteiger partial charge in [0, 0.05) is 20.2 Å². The Morgan fingerprint density at radius 1 is 1.05 bits per heavy atom. The standard InChI is InChI=1S/C18H17NS/c1-13-10-11-16-15-8-4-5-9-17(15)20-18(16)14(13)7-3-2-6-12-19/h2-6,8-12H,7,19H2,1H3/b3-2-,12-6-. The molecule has 20 heavy (non-hydrogen) atoms. The van der Waals surface area contributed by atoms with Gasteiger partial charge in [-0.25, -0.2) is 0 Å². The Morgan fingerprint density at radius 2 is 1.90 bits per heavy atom. The molecule has 2 N–H and O–H groups in total. The summed E-state index contributed by atoms with van der Waals surface area (Å²) in [5, 5.41) is 2.73. The number of benzene rings is 2. The van der Waals surface area contributed by atoms with Gasteiger partial charge in [0.1, 0.15) is 0 Å². The monoisotopic (exact) mass is 279 g/mol. The lowest BCUT2D eigenvalue weighted by Gasteiger charge is -2.04. The molecule has 0 atom stereocenters. The summed E-state index contributed by atoms with van der Waals surface area (Å²) in [4.78, 5) is 0. The Balaban J connectivity index is 2.16. The number of fused-ring (bicyclic) bond motifs is 3. The summed E-state index contributed by atoms with van der Waals surface area (Å²) in [7, 11) is 0. The van der Waals surface area contributed by atoms with Crippen molar-refractivity contribution in [3.63, 3.8) is 0 Å². The van der Waals surface area contributed by atoms with Crippen LogP contribution in [0.1, 0.15) is 11.1 Å². The molecule has 1 nitrogen and oxygen atoms in total. The van der Waals surface area contributed by atoms with Crippen LogP contribution in [0.3, 0.4) is 0 Å². The van der Waals surface area contributed by atoms with E-state index in [-0.39, 0.29) is 0 Å². The molecule has 0 aliphatic rings. The van der Waals surface area contributed by atoms with E-state index in [1.807, 2.05) is 23.5 Å². The smallest absolute Gasteiger partial charge is 0.0393 e. The highest BCUT2D eigenvalue weighted by Crippen LogP contribution is 2.37. The van der Waals surface area contributed by atoms with Gasteiger partial charge >= 0.3 is 0 Å². The predicted molar refractivity (Wildman–Crippen MR) is 90.2 cm³/mol. The molecule has 0 bridgehead atoms. The highest BCUT2D eigenvalue weighted by molar-refractivity contribution is 7.26. The van der Waals surface area contributed by atoms with E-state index < -0.39 is 0 Å². The van der Waals surface area contributed by atoms with E-state index in [0.717, 1.165) is 6.42 Å². The quantitative estimate of drug-likeness (QED) is 0.676. The lowest BCUT2D eigenvalue weighted by atomic mass is 10.0. The van der Waals surface area contributed by atoms with Gasteiger partial charge in [-0.2, -0.15) is 0 Å². The summed E-state index contributed by atoms with van der Waals surface area (Å²) in [5.41, 5.74) is 8.12. The van der Waals surface area contributed by atoms with Gasteiger partial charge in [0.05, 0.1) is 0 Å². The summed E-state index contributed by atoms with van der Waals surface area (Å²) in [5.74, 6) is 0. The Labute approximate surface area is 123 Å². The van der Waals surface area contributed by atoms with E-state index in [2.05, 4.69) is 49.4 Å². The molecule has 1 aromatic heterocycles. The molecule has 0 aliphatic heterocycles. The van der Waals surface area contributed by atoms with Gasteiger partial charge < -0.3 is 5.73 Å². The molecule has 0 amide bonds. The van der Waals surface area contributed by atoms with Crippen LogP contribution in [0.25, 0.3) is 20.2 Å². The highest BCUT2D eigenvalue weighted by atomic mass is 32.1. The van der Waals surface area contributed by atoms with Gasteiger partial charge in [0.2, 0.25) is 0 Å². The van der Waals surface area contributed by atoms with Crippen LogP contribution in [0, 0.1) is 6.92 Å². The number of hydrogen-bond donors (Lipinski definition) is 1. The van der Waals surface area contributed by atoms with Crippen molar-refractivity contribution in [1.82, 2.24) is 0 Å². The van der Waals surface area contributed by atoms with Crippen molar-refractivity contribution in [2.24, 2.45) is 5.73 Å². The third-order valence-corrected chi connectivity index (χ3v) is 4.81. The van der Waals surface area contributed by atoms with Crippen LogP contribution in [-0.2, 0) is 6.42 Å². The fourth-order valence-corrected chi connectivity index (χ4v) is 3.84. The van der Waals surface area contributed by atoms with E-state index >= 15 is 0 Å². The molecule has 0 radical (unpaired) electrons. The van der Waals surface area contributed by atoms with Crippen molar-refractivity contribution in [3.8, 4) is 0 Å². The van der Waals surface area contributed by atoms with Gasteiger partial charge in [0.15, 0.2) is 0 Å². The van der Waals surface area contributed by atoms with Crippen molar-refractivity contribution in [1.29, 1.82) is 0 Å². The van der Waals surface area contributed by atoms with Crippen LogP contribution in [0.15, 0.2) is 60.8 Å². The van der Waals surface area contributed by atoms with Gasteiger partial charge in [-0.15, -0.1) is 11.3 Å². The zero-order valence-electron chi connectivity index (χ0n) is 11.5. The molecule has 0 aliphatic carbocycles. The van der Waals surface area contributed by atoms with Crippen molar-refractivity contribution in [3.05, 3.63) is 72.0 Å². The Bertz CT molecular complexity index is 809. The van der Waals surface area contributed by atoms with Gasteiger partial charge in [-0.05, 0) is 42.8 Å². The van der Waals surface area contributed by atoms with E-state index in [1.165, 1.54) is 31.3 Å². The average Bonchev–Trinajstić information content (AvgIpc) is 2.84. The first-order valence-electron chi connectivity index (χ1n) is 6.74. The second-order valence-electron chi connectivity index (χ2n) is 4.85. The van der Waals surface area contributed by atoms with E-state index in [0.29, 0.717) is 0 Å². The number of nitrogens with two attached hydrogens (primary N) is 1. The first-order chi connectivity index (χ1) is 9.81. The second kappa shape index (κ2) is 5.51. The molecule has 3 aromatic rings. The summed E-state index contributed by atoms with van der Waals surface area (Å²) in [6.45, 7) is 2.19. The fourth-order valence-electron chi connectivity index (χ4n) is 2.53. The lowest BCUT2D eigenvalue weighted by Crippen LogP contribution is -1.87. The molecule has 0 saturated heterocycles. The van der Waals surface area contributed by atoms with Gasteiger partial charge in [-0.3, -0.25) is 0 Å². The minimum Gasteiger partial charge on any atom is -0.405 e. The maximum atomic E-state index is 5.35. The van der Waals surface area contributed by atoms with Crippen LogP contribution < -0.4 is 5.73 Å². The summed E-state index contributed by atoms with van der Waals surface area (Å²) in [6, 6.07) is 13.1. The number of aryl methyl sites for hydroxylation is 1. The van der Waals surface area contributed by atoms with Crippen LogP contribution in [0.5, 0.6) is 0 Å². The van der Waals surface area contributed by atoms with E-state index in [9.17, 15) is 0 Å². The summed E-state index contributed by atoms with van der Waals surface area (Å²) >= 11 is 1.89. The minimum atomic E-state index is 0.945. The maximum absolute atomic E-state index is 5.35. The Hall–Kier alpha value is -2.06. The molecule has 100 valence electrons. The van der Waals surface area contributed by atoms with Gasteiger partial charge in [0.25, 0.3) is 0 Å². The first-order valence-corrected chi connectivity index (χ1v) is 7.56. The minimum absolute atomic E-state index is 0.945. The van der Waals surface area contributed by atoms with Crippen molar-refractivity contribution >= 4 is 31.5 Å². The molecule has 2 heteroatoms. The summed E-state index contributed by atoms with van der Waals surface area (Å²) in [6.07, 6.45) is 8.53. The molecular formula is C18H17NS. The zero-order chi connectivity index (χ0) is 13.9. The van der Waals surface area contributed by atoms with Crippen molar-refractivity contribution in [2.45, 2.75) is 13.3 Å². The number of rotatable bonds is 3. The van der Waals surface area contributed by atoms with Crippen LogP contribution >= 0.6 is 11.3 Å². The van der Waals surface area contributed by atoms with Crippen LogP contribution in [0.2, 0.25) is 0 Å². The summed E-state index contributed by atoms with van der Waals surface area (Å²) < 4.78 is 2.77. The SMILES string of the molecule is Cc1ccc2c(sc3ccccc32)c1C/C=C\C=C/N. The van der Waals surface area contributed by atoms with Crippen molar-refractivity contribution < 1.29 is 0 Å². The maximum Gasteiger partial charge on any atom is 0.0393 e. The highest BCUT2D eigenvalue weighted by Gasteiger charge is 2.09. The third kappa shape index (κ3) is 2.23. The zero-order valence-corrected chi connectivity index (χ0v) is 12.3. The molecule has 0 saturated carbocycles. The number of hydrogen-bond acceptors (Lipinski definition) is 2. The largest absolute Gasteiger partial charge is 0.405 e. The molecule has 3 rings (SSSR count). The molecular weight excluding hydrogens is 262 g/mol. The third-order valence-electron chi connectivity index (χ3n) is 3.56. The topological polar surface area (TPSA) is 26.0 Å². The second-order valence-corrected chi connectivity index (χ2v) is 5.91. The average molecular weight is 279 g/mol. The van der Waals surface area contributed by atoms with Crippen LogP contribution in [0.4, 0.5) is 0 Å². The van der Waals surface area contributed by atoms with Gasteiger partial charge in [-0.1, -0.05) is 42.5 Å². The Morgan fingerprint density at radius 3 is 2.75 bits per heavy atom. The predicted octanol–water partition coefficient (Wildman–Crippen LogP) is 4.93. The lowest BCUT2D eigenvalue weighted by molar-refractivity contribution is 1.25. The molecule has 0 unspecified atom stereocenters. The van der Waals surface area contributed by atoms with E-state index in [1.54, 1.807) is 6.20 Å². The Kier molecular flexibility index (Phi) is 3.57. The number of thiophene rings is 1. The van der Waals surface area contributed by atoms with Crippen molar-refractivity contribution in [2.75, 3.05) is 0 Å². The normalized spacial score (nSPS) is 12.2. The first kappa shape index (κ1) is 12.9. The van der Waals surface area contributed by atoms with E-state index in [4.69, 9.17) is 5.73 Å².